The van der Waals surface area contributed by atoms with Crippen molar-refractivity contribution in [3.8, 4) is 17.6 Å². The van der Waals surface area contributed by atoms with Crippen LogP contribution in [-0.4, -0.2) is 17.1 Å². The number of hydrogen-bond donors (Lipinski definition) is 2. The van der Waals surface area contributed by atoms with Gasteiger partial charge in [0, 0.05) is 23.9 Å². The van der Waals surface area contributed by atoms with Gasteiger partial charge in [0.1, 0.15) is 6.07 Å². The van der Waals surface area contributed by atoms with Gasteiger partial charge in [-0.1, -0.05) is 0 Å². The number of rotatable bonds is 4. The monoisotopic (exact) mass is 285 g/mol. The molecule has 0 aromatic heterocycles. The number of phenolic OH excluding ortho intramolecular Hbond substituents is 1. The summed E-state index contributed by atoms with van der Waals surface area (Å²) in [5.74, 6) is 0.271. The molecule has 0 aliphatic heterocycles. The number of aromatic hydroxyl groups is 1. The fourth-order valence-corrected chi connectivity index (χ4v) is 1.77. The summed E-state index contributed by atoms with van der Waals surface area (Å²) in [6.45, 7) is 0. The predicted octanol–water partition coefficient (Wildman–Crippen LogP) is 2.92. The number of anilines is 2. The number of nitrogens with zero attached hydrogens (tertiary/aromatic N) is 2. The van der Waals surface area contributed by atoms with E-state index in [-0.39, 0.29) is 17.0 Å². The number of methoxy groups -OCH3 is 1. The lowest BCUT2D eigenvalue weighted by atomic mass is 10.1. The van der Waals surface area contributed by atoms with Crippen molar-refractivity contribution >= 4 is 17.1 Å². The molecule has 7 heteroatoms. The molecule has 2 N–H and O–H groups in total. The van der Waals surface area contributed by atoms with Gasteiger partial charge in [0.25, 0.3) is 5.69 Å². The Morgan fingerprint density at radius 1 is 1.33 bits per heavy atom. The average molecular weight is 285 g/mol. The maximum Gasteiger partial charge on any atom is 0.270 e. The molecule has 106 valence electrons. The Labute approximate surface area is 120 Å². The van der Waals surface area contributed by atoms with Crippen LogP contribution in [0.4, 0.5) is 17.1 Å². The number of benzene rings is 2. The summed E-state index contributed by atoms with van der Waals surface area (Å²) in [6, 6.07) is 10.5. The summed E-state index contributed by atoms with van der Waals surface area (Å²) in [5.41, 5.74) is 0.917. The van der Waals surface area contributed by atoms with Gasteiger partial charge in [-0.2, -0.15) is 5.26 Å². The van der Waals surface area contributed by atoms with Crippen LogP contribution in [0.25, 0.3) is 0 Å². The van der Waals surface area contributed by atoms with Crippen molar-refractivity contribution < 1.29 is 14.8 Å². The standard InChI is InChI=1S/C14H11N3O4/c1-21-14-5-2-10(7-13(14)18)16-12-4-3-11(17(19)20)6-9(12)8-15/h2-7,16,18H,1H3. The molecule has 0 radical (unpaired) electrons. The second kappa shape index (κ2) is 5.79. The minimum atomic E-state index is -0.566. The Bertz CT molecular complexity index is 737. The molecule has 0 saturated heterocycles. The summed E-state index contributed by atoms with van der Waals surface area (Å²) in [4.78, 5) is 10.1. The zero-order chi connectivity index (χ0) is 15.4. The Kier molecular flexibility index (Phi) is 3.90. The number of phenols is 1. The Hall–Kier alpha value is -3.27. The third-order valence-corrected chi connectivity index (χ3v) is 2.79. The van der Waals surface area contributed by atoms with Crippen LogP contribution < -0.4 is 10.1 Å². The van der Waals surface area contributed by atoms with Crippen LogP contribution in [0, 0.1) is 21.4 Å². The first-order valence-electron chi connectivity index (χ1n) is 5.87. The Morgan fingerprint density at radius 2 is 2.10 bits per heavy atom. The lowest BCUT2D eigenvalue weighted by Gasteiger charge is -2.10. The highest BCUT2D eigenvalue weighted by atomic mass is 16.6. The third-order valence-electron chi connectivity index (χ3n) is 2.79. The molecule has 7 nitrogen and oxygen atoms in total. The second-order valence-corrected chi connectivity index (χ2v) is 4.11. The van der Waals surface area contributed by atoms with Gasteiger partial charge in [-0.25, -0.2) is 0 Å². The van der Waals surface area contributed by atoms with Gasteiger partial charge in [-0.05, 0) is 18.2 Å². The van der Waals surface area contributed by atoms with Crippen LogP contribution in [0.2, 0.25) is 0 Å². The molecule has 0 heterocycles. The van der Waals surface area contributed by atoms with Crippen LogP contribution in [0.3, 0.4) is 0 Å². The predicted molar refractivity (Wildman–Crippen MR) is 75.8 cm³/mol. The van der Waals surface area contributed by atoms with E-state index in [2.05, 4.69) is 5.32 Å². The normalized spacial score (nSPS) is 9.71. The zero-order valence-corrected chi connectivity index (χ0v) is 11.0. The van der Waals surface area contributed by atoms with E-state index in [1.807, 2.05) is 6.07 Å². The van der Waals surface area contributed by atoms with Crippen molar-refractivity contribution in [2.24, 2.45) is 0 Å². The summed E-state index contributed by atoms with van der Waals surface area (Å²) in [7, 11) is 1.44. The van der Waals surface area contributed by atoms with Crippen LogP contribution in [0.1, 0.15) is 5.56 Å². The van der Waals surface area contributed by atoms with Crippen molar-refractivity contribution in [3.05, 3.63) is 52.1 Å². The first kappa shape index (κ1) is 14.1. The van der Waals surface area contributed by atoms with E-state index in [1.54, 1.807) is 12.1 Å². The summed E-state index contributed by atoms with van der Waals surface area (Å²) in [5, 5.41) is 32.4. The molecular weight excluding hydrogens is 274 g/mol. The molecule has 0 saturated carbocycles. The van der Waals surface area contributed by atoms with E-state index in [0.29, 0.717) is 17.1 Å². The summed E-state index contributed by atoms with van der Waals surface area (Å²) < 4.78 is 4.93. The highest BCUT2D eigenvalue weighted by molar-refractivity contribution is 5.70. The van der Waals surface area contributed by atoms with Gasteiger partial charge in [0.15, 0.2) is 11.5 Å². The fourth-order valence-electron chi connectivity index (χ4n) is 1.77. The first-order valence-corrected chi connectivity index (χ1v) is 5.87. The first-order chi connectivity index (χ1) is 10.0. The molecule has 0 fully saturated rings. The number of nitriles is 1. The van der Waals surface area contributed by atoms with E-state index in [1.165, 1.54) is 31.4 Å². The molecular formula is C14H11N3O4. The molecule has 0 amide bonds. The number of nitro benzene ring substituents is 1. The number of nitrogens with one attached hydrogen (secondary N) is 1. The maximum atomic E-state index is 10.7. The Morgan fingerprint density at radius 3 is 2.67 bits per heavy atom. The quantitative estimate of drug-likeness (QED) is 0.660. The summed E-state index contributed by atoms with van der Waals surface area (Å²) >= 11 is 0. The smallest absolute Gasteiger partial charge is 0.270 e. The van der Waals surface area contributed by atoms with Crippen molar-refractivity contribution in [2.75, 3.05) is 12.4 Å². The van der Waals surface area contributed by atoms with E-state index < -0.39 is 4.92 Å². The van der Waals surface area contributed by atoms with Gasteiger partial charge in [-0.15, -0.1) is 0 Å². The van der Waals surface area contributed by atoms with E-state index in [9.17, 15) is 15.2 Å². The van der Waals surface area contributed by atoms with Crippen molar-refractivity contribution in [1.29, 1.82) is 5.26 Å². The van der Waals surface area contributed by atoms with Crippen LogP contribution >= 0.6 is 0 Å². The van der Waals surface area contributed by atoms with Gasteiger partial charge in [0.2, 0.25) is 0 Å². The highest BCUT2D eigenvalue weighted by Crippen LogP contribution is 2.31. The SMILES string of the molecule is COc1ccc(Nc2ccc([N+](=O)[O-])cc2C#N)cc1O. The van der Waals surface area contributed by atoms with Gasteiger partial charge < -0.3 is 15.2 Å². The van der Waals surface area contributed by atoms with E-state index in [4.69, 9.17) is 10.00 Å². The van der Waals surface area contributed by atoms with Crippen LogP contribution in [-0.2, 0) is 0 Å². The zero-order valence-electron chi connectivity index (χ0n) is 11.0. The van der Waals surface area contributed by atoms with Crippen molar-refractivity contribution in [2.45, 2.75) is 0 Å². The number of ether oxygens (including phenoxy) is 1. The molecule has 0 bridgehead atoms. The lowest BCUT2D eigenvalue weighted by Crippen LogP contribution is -1.96. The van der Waals surface area contributed by atoms with Gasteiger partial charge in [0.05, 0.1) is 23.3 Å². The van der Waals surface area contributed by atoms with Crippen molar-refractivity contribution in [3.63, 3.8) is 0 Å². The molecule has 21 heavy (non-hydrogen) atoms. The molecule has 2 aromatic carbocycles. The van der Waals surface area contributed by atoms with Gasteiger partial charge >= 0.3 is 0 Å². The van der Waals surface area contributed by atoms with Crippen molar-refractivity contribution in [1.82, 2.24) is 0 Å². The number of nitro groups is 1. The number of non-ortho nitro benzene ring substituents is 1. The molecule has 2 aromatic rings. The lowest BCUT2D eigenvalue weighted by molar-refractivity contribution is -0.384. The minimum Gasteiger partial charge on any atom is -0.504 e. The van der Waals surface area contributed by atoms with Gasteiger partial charge in [-0.3, -0.25) is 10.1 Å². The molecule has 2 rings (SSSR count). The molecule has 0 unspecified atom stereocenters. The average Bonchev–Trinajstić information content (AvgIpc) is 2.47. The van der Waals surface area contributed by atoms with Crippen LogP contribution in [0.5, 0.6) is 11.5 Å². The maximum absolute atomic E-state index is 10.7. The fraction of sp³-hybridized carbons (Fsp3) is 0.0714. The highest BCUT2D eigenvalue weighted by Gasteiger charge is 2.11. The Balaban J connectivity index is 2.33. The molecule has 0 aliphatic carbocycles. The third kappa shape index (κ3) is 3.01. The van der Waals surface area contributed by atoms with E-state index >= 15 is 0 Å². The molecule has 0 aliphatic rings. The topological polar surface area (TPSA) is 108 Å². The number of hydrogen-bond acceptors (Lipinski definition) is 6. The van der Waals surface area contributed by atoms with Crippen LogP contribution in [0.15, 0.2) is 36.4 Å². The largest absolute Gasteiger partial charge is 0.504 e. The van der Waals surface area contributed by atoms with E-state index in [0.717, 1.165) is 0 Å². The summed E-state index contributed by atoms with van der Waals surface area (Å²) in [6.07, 6.45) is 0. The molecule has 0 spiro atoms. The molecule has 0 atom stereocenters. The second-order valence-electron chi connectivity index (χ2n) is 4.11. The minimum absolute atomic E-state index is 0.0529.